The summed E-state index contributed by atoms with van der Waals surface area (Å²) in [5.74, 6) is -1.86. The number of carboxylic acids is 1. The topological polar surface area (TPSA) is 103 Å². The van der Waals surface area contributed by atoms with E-state index in [1.165, 1.54) is 19.1 Å². The quantitative estimate of drug-likeness (QED) is 0.535. The van der Waals surface area contributed by atoms with Crippen molar-refractivity contribution in [3.63, 3.8) is 0 Å². The van der Waals surface area contributed by atoms with E-state index >= 15 is 0 Å². The van der Waals surface area contributed by atoms with Gasteiger partial charge in [0, 0.05) is 25.1 Å². The molecule has 2 N–H and O–H groups in total. The zero-order chi connectivity index (χ0) is 27.7. The van der Waals surface area contributed by atoms with Crippen molar-refractivity contribution >= 4 is 11.9 Å². The molecule has 1 aromatic heterocycles. The second-order valence-corrected chi connectivity index (χ2v) is 11.2. The van der Waals surface area contributed by atoms with E-state index in [4.69, 9.17) is 4.74 Å². The predicted octanol–water partition coefficient (Wildman–Crippen LogP) is 3.78. The first-order valence-corrected chi connectivity index (χ1v) is 12.9. The van der Waals surface area contributed by atoms with E-state index in [1.807, 2.05) is 0 Å². The van der Waals surface area contributed by atoms with Gasteiger partial charge in [-0.05, 0) is 76.9 Å². The standard InChI is InChI=1S/C28H35F2N3O5/c1-27(2,30)17-32-10-8-18(9-11-32)16-38-21-5-7-24(31-14-21)19-4-6-22(23(29)12-19)25(35)33-15-20(34)13-28(33,3)26(36)37/h4-7,12,14,18,20,34H,8-11,13,15-17H2,1-3H3,(H,36,37)/t20-,28+/m1/s1. The number of carbonyl (C=O) groups excluding carboxylic acids is 1. The summed E-state index contributed by atoms with van der Waals surface area (Å²) >= 11 is 0. The van der Waals surface area contributed by atoms with Crippen LogP contribution in [-0.2, 0) is 4.79 Å². The molecule has 0 saturated carbocycles. The summed E-state index contributed by atoms with van der Waals surface area (Å²) in [7, 11) is 0. The van der Waals surface area contributed by atoms with Crippen LogP contribution < -0.4 is 4.74 Å². The van der Waals surface area contributed by atoms with Gasteiger partial charge in [0.15, 0.2) is 0 Å². The summed E-state index contributed by atoms with van der Waals surface area (Å²) in [5, 5.41) is 19.5. The van der Waals surface area contributed by atoms with E-state index in [9.17, 15) is 28.6 Å². The van der Waals surface area contributed by atoms with Gasteiger partial charge in [0.05, 0.1) is 30.2 Å². The first-order valence-electron chi connectivity index (χ1n) is 12.9. The molecule has 0 spiro atoms. The Bertz CT molecular complexity index is 1160. The van der Waals surface area contributed by atoms with Gasteiger partial charge in [-0.3, -0.25) is 9.78 Å². The third-order valence-electron chi connectivity index (χ3n) is 7.35. The average molecular weight is 532 g/mol. The second-order valence-electron chi connectivity index (χ2n) is 11.2. The summed E-state index contributed by atoms with van der Waals surface area (Å²) < 4.78 is 34.7. The number of aliphatic carboxylic acids is 1. The molecule has 0 bridgehead atoms. The Kier molecular flexibility index (Phi) is 8.04. The number of β-amino-alcohol motifs (C(OH)–C–C–N with tert-alkyl or cyclic N) is 1. The second kappa shape index (κ2) is 10.9. The van der Waals surface area contributed by atoms with Gasteiger partial charge in [0.25, 0.3) is 5.91 Å². The van der Waals surface area contributed by atoms with Gasteiger partial charge in [-0.2, -0.15) is 0 Å². The van der Waals surface area contributed by atoms with Crippen molar-refractivity contribution in [3.05, 3.63) is 47.9 Å². The maximum absolute atomic E-state index is 15.0. The predicted molar refractivity (Wildman–Crippen MR) is 137 cm³/mol. The molecular weight excluding hydrogens is 496 g/mol. The number of benzene rings is 1. The molecule has 38 heavy (non-hydrogen) atoms. The number of halogens is 2. The van der Waals surface area contributed by atoms with Crippen LogP contribution in [0.5, 0.6) is 5.75 Å². The van der Waals surface area contributed by atoms with Gasteiger partial charge in [0.2, 0.25) is 0 Å². The highest BCUT2D eigenvalue weighted by atomic mass is 19.1. The fraction of sp³-hybridized carbons (Fsp3) is 0.536. The summed E-state index contributed by atoms with van der Waals surface area (Å²) in [4.78, 5) is 32.2. The van der Waals surface area contributed by atoms with E-state index < -0.39 is 35.0 Å². The van der Waals surface area contributed by atoms with Crippen LogP contribution in [0.15, 0.2) is 36.5 Å². The van der Waals surface area contributed by atoms with E-state index in [1.54, 1.807) is 38.2 Å². The number of ether oxygens (including phenoxy) is 1. The lowest BCUT2D eigenvalue weighted by molar-refractivity contribution is -0.147. The molecule has 3 heterocycles. The number of hydrogen-bond acceptors (Lipinski definition) is 6. The molecule has 2 aliphatic heterocycles. The molecule has 2 aromatic rings. The monoisotopic (exact) mass is 531 g/mol. The highest BCUT2D eigenvalue weighted by Crippen LogP contribution is 2.32. The number of pyridine rings is 1. The highest BCUT2D eigenvalue weighted by molar-refractivity contribution is 5.98. The maximum atomic E-state index is 15.0. The number of hydrogen-bond donors (Lipinski definition) is 2. The van der Waals surface area contributed by atoms with Gasteiger partial charge in [0.1, 0.15) is 22.8 Å². The molecule has 0 radical (unpaired) electrons. The molecule has 2 fully saturated rings. The minimum Gasteiger partial charge on any atom is -0.492 e. The van der Waals surface area contributed by atoms with E-state index in [2.05, 4.69) is 9.88 Å². The lowest BCUT2D eigenvalue weighted by atomic mass is 9.97. The average Bonchev–Trinajstić information content (AvgIpc) is 3.18. The molecule has 2 atom stereocenters. The molecular formula is C28H35F2N3O5. The number of nitrogens with zero attached hydrogens (tertiary/aromatic N) is 3. The number of piperidine rings is 1. The number of alkyl halides is 1. The molecule has 10 heteroatoms. The molecule has 2 saturated heterocycles. The van der Waals surface area contributed by atoms with Gasteiger partial charge in [-0.25, -0.2) is 13.6 Å². The first-order chi connectivity index (χ1) is 17.9. The zero-order valence-corrected chi connectivity index (χ0v) is 22.0. The van der Waals surface area contributed by atoms with Crippen LogP contribution in [0, 0.1) is 11.7 Å². The van der Waals surface area contributed by atoms with E-state index in [0.717, 1.165) is 30.8 Å². The van der Waals surface area contributed by atoms with Crippen molar-refractivity contribution in [1.29, 1.82) is 0 Å². The number of aromatic nitrogens is 1. The Morgan fingerprint density at radius 2 is 1.92 bits per heavy atom. The third-order valence-corrected chi connectivity index (χ3v) is 7.35. The molecule has 8 nitrogen and oxygen atoms in total. The molecule has 1 aromatic carbocycles. The zero-order valence-electron chi connectivity index (χ0n) is 22.0. The Hall–Kier alpha value is -3.11. The van der Waals surface area contributed by atoms with Crippen molar-refractivity contribution in [2.45, 2.75) is 57.3 Å². The summed E-state index contributed by atoms with van der Waals surface area (Å²) in [5.41, 5.74) is -2.13. The molecule has 1 amide bonds. The lowest BCUT2D eigenvalue weighted by Crippen LogP contribution is -2.50. The van der Waals surface area contributed by atoms with Crippen molar-refractivity contribution in [1.82, 2.24) is 14.8 Å². The summed E-state index contributed by atoms with van der Waals surface area (Å²) in [6.07, 6.45) is 2.33. The van der Waals surface area contributed by atoms with Crippen molar-refractivity contribution in [2.24, 2.45) is 5.92 Å². The van der Waals surface area contributed by atoms with Crippen LogP contribution in [-0.4, -0.2) is 87.0 Å². The number of carbonyl (C=O) groups is 2. The number of aliphatic hydroxyl groups is 1. The van der Waals surface area contributed by atoms with Crippen LogP contribution in [0.1, 0.15) is 50.4 Å². The van der Waals surface area contributed by atoms with Crippen LogP contribution in [0.3, 0.4) is 0 Å². The molecule has 0 aliphatic carbocycles. The highest BCUT2D eigenvalue weighted by Gasteiger charge is 2.50. The van der Waals surface area contributed by atoms with E-state index in [0.29, 0.717) is 36.1 Å². The van der Waals surface area contributed by atoms with Gasteiger partial charge >= 0.3 is 5.97 Å². The SMILES string of the molecule is CC(C)(F)CN1CCC(COc2ccc(-c3ccc(C(=O)N4C[C@H](O)C[C@@]4(C)C(=O)O)c(F)c3)nc2)CC1. The van der Waals surface area contributed by atoms with Crippen molar-refractivity contribution < 1.29 is 33.3 Å². The van der Waals surface area contributed by atoms with Crippen molar-refractivity contribution in [3.8, 4) is 17.0 Å². The number of carboxylic acid groups (broad SMARTS) is 1. The lowest BCUT2D eigenvalue weighted by Gasteiger charge is -2.34. The largest absolute Gasteiger partial charge is 0.492 e. The molecule has 4 rings (SSSR count). The van der Waals surface area contributed by atoms with E-state index in [-0.39, 0.29) is 18.5 Å². The minimum absolute atomic E-state index is 0.122. The normalized spacial score (nSPS) is 23.0. The molecule has 206 valence electrons. The van der Waals surface area contributed by atoms with Gasteiger partial charge < -0.3 is 24.7 Å². The number of likely N-dealkylation sites (tertiary alicyclic amines) is 2. The van der Waals surface area contributed by atoms with Gasteiger partial charge in [-0.1, -0.05) is 6.07 Å². The number of aliphatic hydroxyl groups excluding tert-OH is 1. The minimum atomic E-state index is -1.61. The Morgan fingerprint density at radius 3 is 2.50 bits per heavy atom. The Balaban J connectivity index is 1.35. The fourth-order valence-corrected chi connectivity index (χ4v) is 5.24. The summed E-state index contributed by atoms with van der Waals surface area (Å²) in [6.45, 7) is 7.02. The van der Waals surface area contributed by atoms with Crippen LogP contribution in [0.25, 0.3) is 11.3 Å². The van der Waals surface area contributed by atoms with Crippen molar-refractivity contribution in [2.75, 3.05) is 32.8 Å². The number of rotatable bonds is 8. The van der Waals surface area contributed by atoms with Crippen LogP contribution >= 0.6 is 0 Å². The Labute approximate surface area is 221 Å². The third kappa shape index (κ3) is 6.30. The Morgan fingerprint density at radius 1 is 1.21 bits per heavy atom. The fourth-order valence-electron chi connectivity index (χ4n) is 5.24. The molecule has 0 unspecified atom stereocenters. The number of amides is 1. The smallest absolute Gasteiger partial charge is 0.329 e. The first kappa shape index (κ1) is 27.9. The van der Waals surface area contributed by atoms with Crippen LogP contribution in [0.4, 0.5) is 8.78 Å². The van der Waals surface area contributed by atoms with Crippen LogP contribution in [0.2, 0.25) is 0 Å². The van der Waals surface area contributed by atoms with Gasteiger partial charge in [-0.15, -0.1) is 0 Å². The summed E-state index contributed by atoms with van der Waals surface area (Å²) in [6, 6.07) is 7.51. The molecule has 2 aliphatic rings. The maximum Gasteiger partial charge on any atom is 0.329 e.